The molecule has 0 saturated heterocycles. The molecule has 1 unspecified atom stereocenters. The molecule has 2 aromatic rings. The number of amides is 1. The smallest absolute Gasteiger partial charge is 0.258 e. The van der Waals surface area contributed by atoms with Gasteiger partial charge in [0, 0.05) is 17.8 Å². The number of carbonyl (C=O) groups excluding carboxylic acids is 1. The molecule has 26 heavy (non-hydrogen) atoms. The number of ether oxygens (including phenoxy) is 1. The van der Waals surface area contributed by atoms with Gasteiger partial charge in [0.15, 0.2) is 0 Å². The summed E-state index contributed by atoms with van der Waals surface area (Å²) in [5, 5.41) is 7.26. The van der Waals surface area contributed by atoms with E-state index in [0.29, 0.717) is 17.5 Å². The van der Waals surface area contributed by atoms with Crippen LogP contribution in [0, 0.1) is 0 Å². The molecular weight excluding hydrogens is 326 g/mol. The minimum absolute atomic E-state index is 0.128. The van der Waals surface area contributed by atoms with Crippen LogP contribution in [0.25, 0.3) is 0 Å². The van der Waals surface area contributed by atoms with Crippen LogP contribution in [0.4, 0.5) is 0 Å². The van der Waals surface area contributed by atoms with Crippen molar-refractivity contribution in [2.24, 2.45) is 0 Å². The first-order valence-electron chi connectivity index (χ1n) is 9.76. The lowest BCUT2D eigenvalue weighted by Crippen LogP contribution is -2.45. The molecule has 5 heteroatoms. The molecule has 0 spiro atoms. The van der Waals surface area contributed by atoms with Gasteiger partial charge in [0.25, 0.3) is 5.91 Å². The van der Waals surface area contributed by atoms with Crippen LogP contribution in [0.2, 0.25) is 0 Å². The minimum Gasteiger partial charge on any atom is -0.496 e. The quantitative estimate of drug-likeness (QED) is 0.897. The van der Waals surface area contributed by atoms with Crippen molar-refractivity contribution in [1.82, 2.24) is 15.1 Å². The zero-order chi connectivity index (χ0) is 17.7. The molecule has 5 rings (SSSR count). The number of aromatic amines is 1. The van der Waals surface area contributed by atoms with Gasteiger partial charge in [0.05, 0.1) is 18.9 Å². The van der Waals surface area contributed by atoms with Gasteiger partial charge in [-0.15, -0.1) is 0 Å². The summed E-state index contributed by atoms with van der Waals surface area (Å²) in [6, 6.07) is 6.82. The monoisotopic (exact) mass is 351 g/mol. The third kappa shape index (κ3) is 2.79. The number of carbonyl (C=O) groups is 1. The molecule has 1 atom stereocenters. The molecule has 3 aliphatic rings. The summed E-state index contributed by atoms with van der Waals surface area (Å²) >= 11 is 0. The number of H-pyrrole nitrogens is 1. The number of rotatable bonds is 5. The molecular formula is C21H25N3O2. The Hall–Kier alpha value is -2.30. The van der Waals surface area contributed by atoms with Crippen LogP contribution >= 0.6 is 0 Å². The van der Waals surface area contributed by atoms with E-state index in [1.807, 2.05) is 12.3 Å². The Morgan fingerprint density at radius 3 is 2.77 bits per heavy atom. The molecule has 0 bridgehead atoms. The van der Waals surface area contributed by atoms with Gasteiger partial charge in [-0.25, -0.2) is 0 Å². The van der Waals surface area contributed by atoms with Crippen molar-refractivity contribution in [3.8, 4) is 5.75 Å². The van der Waals surface area contributed by atoms with E-state index in [0.717, 1.165) is 37.9 Å². The van der Waals surface area contributed by atoms with Gasteiger partial charge in [-0.3, -0.25) is 9.89 Å². The van der Waals surface area contributed by atoms with Crippen molar-refractivity contribution in [2.45, 2.75) is 62.9 Å². The number of hydrogen-bond donors (Lipinski definition) is 1. The molecule has 1 aromatic carbocycles. The Bertz CT molecular complexity index is 836. The molecule has 2 fully saturated rings. The summed E-state index contributed by atoms with van der Waals surface area (Å²) < 4.78 is 5.60. The Labute approximate surface area is 153 Å². The molecule has 0 aliphatic heterocycles. The van der Waals surface area contributed by atoms with Crippen molar-refractivity contribution >= 4 is 5.91 Å². The predicted octanol–water partition coefficient (Wildman–Crippen LogP) is 3.46. The van der Waals surface area contributed by atoms with Crippen LogP contribution in [0.15, 0.2) is 24.4 Å². The van der Waals surface area contributed by atoms with E-state index in [9.17, 15) is 4.79 Å². The second kappa shape index (κ2) is 6.15. The third-order valence-electron chi connectivity index (χ3n) is 6.06. The molecule has 0 radical (unpaired) electrons. The van der Waals surface area contributed by atoms with Gasteiger partial charge >= 0.3 is 0 Å². The summed E-state index contributed by atoms with van der Waals surface area (Å²) in [7, 11) is 1.67. The van der Waals surface area contributed by atoms with E-state index in [1.165, 1.54) is 29.7 Å². The zero-order valence-corrected chi connectivity index (χ0v) is 15.2. The van der Waals surface area contributed by atoms with Gasteiger partial charge in [-0.05, 0) is 74.1 Å². The fourth-order valence-corrected chi connectivity index (χ4v) is 4.31. The van der Waals surface area contributed by atoms with Crippen LogP contribution in [-0.4, -0.2) is 40.2 Å². The molecule has 3 aliphatic carbocycles. The second-order valence-electron chi connectivity index (χ2n) is 7.95. The summed E-state index contributed by atoms with van der Waals surface area (Å²) in [6.45, 7) is 0. The minimum atomic E-state index is 0.128. The first-order chi connectivity index (χ1) is 12.7. The number of fused-ring (bicyclic) bond motifs is 1. The number of hydrogen-bond acceptors (Lipinski definition) is 3. The number of methoxy groups -OCH3 is 1. The lowest BCUT2D eigenvalue weighted by Gasteiger charge is -2.34. The fourth-order valence-electron chi connectivity index (χ4n) is 4.31. The Kier molecular flexibility index (Phi) is 3.76. The lowest BCUT2D eigenvalue weighted by atomic mass is 9.91. The van der Waals surface area contributed by atoms with E-state index < -0.39 is 0 Å². The van der Waals surface area contributed by atoms with Crippen molar-refractivity contribution < 1.29 is 9.53 Å². The molecule has 1 aromatic heterocycles. The summed E-state index contributed by atoms with van der Waals surface area (Å²) in [4.78, 5) is 15.6. The van der Waals surface area contributed by atoms with Crippen molar-refractivity contribution in [2.75, 3.05) is 7.11 Å². The fraction of sp³-hybridized carbons (Fsp3) is 0.524. The van der Waals surface area contributed by atoms with Crippen LogP contribution in [0.1, 0.15) is 65.2 Å². The summed E-state index contributed by atoms with van der Waals surface area (Å²) in [5.41, 5.74) is 4.51. The molecule has 1 amide bonds. The van der Waals surface area contributed by atoms with Crippen molar-refractivity contribution in [1.29, 1.82) is 0 Å². The normalized spacial score (nSPS) is 22.0. The standard InChI is InChI=1S/C21H25N3O2/c1-26-20-11-14(13-2-3-13)4-8-18(20)21(25)24(16-5-6-16)17-7-9-19-15(10-17)12-22-23-19/h4,8,11-13,16-17H,2-3,5-7,9-10H2,1H3,(H,22,23). The first kappa shape index (κ1) is 15.9. The predicted molar refractivity (Wildman–Crippen MR) is 98.6 cm³/mol. The maximum Gasteiger partial charge on any atom is 0.258 e. The molecule has 136 valence electrons. The summed E-state index contributed by atoms with van der Waals surface area (Å²) in [5.74, 6) is 1.51. The van der Waals surface area contributed by atoms with Crippen LogP contribution in [0.5, 0.6) is 5.75 Å². The average molecular weight is 351 g/mol. The SMILES string of the molecule is COc1cc(C2CC2)ccc1C(=O)N(C1CC1)C1CCc2[nH]ncc2C1. The van der Waals surface area contributed by atoms with Crippen LogP contribution < -0.4 is 4.74 Å². The Balaban J connectivity index is 1.44. The van der Waals surface area contributed by atoms with E-state index in [4.69, 9.17) is 4.74 Å². The topological polar surface area (TPSA) is 58.2 Å². The van der Waals surface area contributed by atoms with Crippen molar-refractivity contribution in [3.05, 3.63) is 46.8 Å². The number of aryl methyl sites for hydroxylation is 1. The summed E-state index contributed by atoms with van der Waals surface area (Å²) in [6.07, 6.45) is 9.51. The van der Waals surface area contributed by atoms with Gasteiger partial charge in [0.1, 0.15) is 5.75 Å². The highest BCUT2D eigenvalue weighted by Gasteiger charge is 2.40. The van der Waals surface area contributed by atoms with Gasteiger partial charge in [0.2, 0.25) is 0 Å². The first-order valence-corrected chi connectivity index (χ1v) is 9.76. The zero-order valence-electron chi connectivity index (χ0n) is 15.2. The second-order valence-corrected chi connectivity index (χ2v) is 7.95. The number of benzene rings is 1. The molecule has 1 heterocycles. The van der Waals surface area contributed by atoms with Gasteiger partial charge in [-0.1, -0.05) is 6.07 Å². The molecule has 2 saturated carbocycles. The number of aromatic nitrogens is 2. The highest BCUT2D eigenvalue weighted by Crippen LogP contribution is 2.42. The lowest BCUT2D eigenvalue weighted by molar-refractivity contribution is 0.0639. The highest BCUT2D eigenvalue weighted by atomic mass is 16.5. The third-order valence-corrected chi connectivity index (χ3v) is 6.06. The van der Waals surface area contributed by atoms with Crippen LogP contribution in [-0.2, 0) is 12.8 Å². The van der Waals surface area contributed by atoms with E-state index in [2.05, 4.69) is 27.2 Å². The average Bonchev–Trinajstić information content (AvgIpc) is 3.59. The van der Waals surface area contributed by atoms with Gasteiger partial charge in [-0.2, -0.15) is 5.10 Å². The van der Waals surface area contributed by atoms with Crippen molar-refractivity contribution in [3.63, 3.8) is 0 Å². The Morgan fingerprint density at radius 1 is 1.19 bits per heavy atom. The molecule has 1 N–H and O–H groups in total. The number of nitrogens with zero attached hydrogens (tertiary/aromatic N) is 2. The van der Waals surface area contributed by atoms with Crippen LogP contribution in [0.3, 0.4) is 0 Å². The molecule has 5 nitrogen and oxygen atoms in total. The number of nitrogens with one attached hydrogen (secondary N) is 1. The highest BCUT2D eigenvalue weighted by molar-refractivity contribution is 5.97. The van der Waals surface area contributed by atoms with E-state index >= 15 is 0 Å². The largest absolute Gasteiger partial charge is 0.496 e. The van der Waals surface area contributed by atoms with E-state index in [1.54, 1.807) is 7.11 Å². The Morgan fingerprint density at radius 2 is 2.04 bits per heavy atom. The van der Waals surface area contributed by atoms with Gasteiger partial charge < -0.3 is 9.64 Å². The maximum absolute atomic E-state index is 13.5. The maximum atomic E-state index is 13.5. The van der Waals surface area contributed by atoms with E-state index in [-0.39, 0.29) is 11.9 Å².